The van der Waals surface area contributed by atoms with E-state index < -0.39 is 0 Å². The molecule has 0 unspecified atom stereocenters. The molecular formula is C6H10NOS+. The smallest absolute Gasteiger partial charge is 0.225 e. The average molecular weight is 144 g/mol. The number of rotatable bonds is 2. The molecule has 0 bridgehead atoms. The Labute approximate surface area is 58.4 Å². The van der Waals surface area contributed by atoms with Gasteiger partial charge in [0.1, 0.15) is 6.61 Å². The van der Waals surface area contributed by atoms with Crippen molar-refractivity contribution in [2.45, 2.75) is 13.5 Å². The zero-order chi connectivity index (χ0) is 6.69. The Morgan fingerprint density at radius 3 is 3.00 bits per heavy atom. The van der Waals surface area contributed by atoms with Crippen LogP contribution in [0.15, 0.2) is 10.9 Å². The fourth-order valence-corrected chi connectivity index (χ4v) is 1.50. The summed E-state index contributed by atoms with van der Waals surface area (Å²) in [6.07, 6.45) is 0. The van der Waals surface area contributed by atoms with Crippen molar-refractivity contribution in [2.75, 3.05) is 6.61 Å². The van der Waals surface area contributed by atoms with Crippen LogP contribution >= 0.6 is 11.3 Å². The minimum Gasteiger partial charge on any atom is -0.390 e. The number of hydrogen-bond donors (Lipinski definition) is 1. The highest BCUT2D eigenvalue weighted by molar-refractivity contribution is 7.07. The topological polar surface area (TPSA) is 24.1 Å². The van der Waals surface area contributed by atoms with Crippen LogP contribution in [0.1, 0.15) is 5.69 Å². The van der Waals surface area contributed by atoms with Gasteiger partial charge in [-0.05, 0) is 0 Å². The lowest BCUT2D eigenvalue weighted by Gasteiger charge is -1.87. The molecule has 0 saturated carbocycles. The number of aliphatic hydroxyl groups excluding tert-OH is 1. The fourth-order valence-electron chi connectivity index (χ4n) is 0.690. The molecule has 0 spiro atoms. The average Bonchev–Trinajstić information content (AvgIpc) is 2.18. The second-order valence-electron chi connectivity index (χ2n) is 1.92. The zero-order valence-electron chi connectivity index (χ0n) is 5.37. The third-order valence-corrected chi connectivity index (χ3v) is 2.07. The van der Waals surface area contributed by atoms with Gasteiger partial charge in [0.2, 0.25) is 5.51 Å². The lowest BCUT2D eigenvalue weighted by molar-refractivity contribution is -0.699. The molecule has 1 rings (SSSR count). The largest absolute Gasteiger partial charge is 0.390 e. The predicted molar refractivity (Wildman–Crippen MR) is 36.3 cm³/mol. The van der Waals surface area contributed by atoms with E-state index in [4.69, 9.17) is 5.11 Å². The summed E-state index contributed by atoms with van der Waals surface area (Å²) in [5.41, 5.74) is 3.22. The van der Waals surface area contributed by atoms with E-state index in [1.54, 1.807) is 11.3 Å². The molecule has 3 heteroatoms. The number of aliphatic hydroxyl groups is 1. The minimum absolute atomic E-state index is 0.224. The van der Waals surface area contributed by atoms with Crippen LogP contribution in [0.2, 0.25) is 0 Å². The van der Waals surface area contributed by atoms with Gasteiger partial charge in [-0.2, -0.15) is 4.57 Å². The Morgan fingerprint density at radius 2 is 2.56 bits per heavy atom. The van der Waals surface area contributed by atoms with Gasteiger partial charge in [-0.25, -0.2) is 0 Å². The molecular weight excluding hydrogens is 134 g/mol. The van der Waals surface area contributed by atoms with E-state index >= 15 is 0 Å². The van der Waals surface area contributed by atoms with Crippen LogP contribution in [0, 0.1) is 6.92 Å². The molecule has 0 aromatic carbocycles. The molecule has 1 N–H and O–H groups in total. The van der Waals surface area contributed by atoms with Gasteiger partial charge < -0.3 is 5.11 Å². The van der Waals surface area contributed by atoms with Crippen molar-refractivity contribution in [3.05, 3.63) is 16.6 Å². The van der Waals surface area contributed by atoms with Crippen LogP contribution in [0.3, 0.4) is 0 Å². The first kappa shape index (κ1) is 6.71. The molecule has 1 aromatic rings. The van der Waals surface area contributed by atoms with Gasteiger partial charge in [0, 0.05) is 6.92 Å². The van der Waals surface area contributed by atoms with Gasteiger partial charge in [-0.15, -0.1) is 0 Å². The van der Waals surface area contributed by atoms with Gasteiger partial charge in [0.15, 0.2) is 12.2 Å². The van der Waals surface area contributed by atoms with Crippen molar-refractivity contribution in [3.8, 4) is 0 Å². The highest BCUT2D eigenvalue weighted by Crippen LogP contribution is 1.95. The molecule has 9 heavy (non-hydrogen) atoms. The third kappa shape index (κ3) is 1.50. The Hall–Kier alpha value is -0.410. The van der Waals surface area contributed by atoms with Crippen molar-refractivity contribution in [1.29, 1.82) is 0 Å². The molecule has 0 saturated heterocycles. The van der Waals surface area contributed by atoms with Gasteiger partial charge >= 0.3 is 0 Å². The second kappa shape index (κ2) is 2.94. The lowest BCUT2D eigenvalue weighted by atomic mass is 10.5. The van der Waals surface area contributed by atoms with Crippen LogP contribution in [0.5, 0.6) is 0 Å². The quantitative estimate of drug-likeness (QED) is 0.594. The maximum absolute atomic E-state index is 8.55. The highest BCUT2D eigenvalue weighted by atomic mass is 32.1. The Bertz CT molecular complexity index is 185. The van der Waals surface area contributed by atoms with Gasteiger partial charge in [-0.3, -0.25) is 0 Å². The van der Waals surface area contributed by atoms with Crippen LogP contribution in [0.25, 0.3) is 0 Å². The summed E-state index contributed by atoms with van der Waals surface area (Å²) in [7, 11) is 0. The van der Waals surface area contributed by atoms with Crippen molar-refractivity contribution in [3.63, 3.8) is 0 Å². The van der Waals surface area contributed by atoms with E-state index in [1.165, 1.54) is 5.69 Å². The number of nitrogens with zero attached hydrogens (tertiary/aromatic N) is 1. The SMILES string of the molecule is Cc1csc[n+]1CCO. The summed E-state index contributed by atoms with van der Waals surface area (Å²) in [4.78, 5) is 0. The molecule has 0 radical (unpaired) electrons. The van der Waals surface area contributed by atoms with E-state index in [1.807, 2.05) is 17.0 Å². The fraction of sp³-hybridized carbons (Fsp3) is 0.500. The van der Waals surface area contributed by atoms with Crippen molar-refractivity contribution in [2.24, 2.45) is 0 Å². The standard InChI is InChI=1S/C6H10NOS/c1-6-4-9-5-7(6)2-3-8/h4-5,8H,2-3H2,1H3/q+1. The molecule has 0 atom stereocenters. The third-order valence-electron chi connectivity index (χ3n) is 1.22. The molecule has 1 heterocycles. The van der Waals surface area contributed by atoms with E-state index in [0.717, 1.165) is 6.54 Å². The Morgan fingerprint density at radius 1 is 1.78 bits per heavy atom. The first-order valence-electron chi connectivity index (χ1n) is 2.87. The number of aryl methyl sites for hydroxylation is 1. The number of hydrogen-bond acceptors (Lipinski definition) is 2. The van der Waals surface area contributed by atoms with Crippen LogP contribution in [0.4, 0.5) is 0 Å². The van der Waals surface area contributed by atoms with Crippen molar-refractivity contribution < 1.29 is 9.67 Å². The van der Waals surface area contributed by atoms with Gasteiger partial charge in [0.05, 0.1) is 5.38 Å². The van der Waals surface area contributed by atoms with Crippen LogP contribution < -0.4 is 4.57 Å². The van der Waals surface area contributed by atoms with Gasteiger partial charge in [0.25, 0.3) is 0 Å². The zero-order valence-corrected chi connectivity index (χ0v) is 6.19. The summed E-state index contributed by atoms with van der Waals surface area (Å²) >= 11 is 1.66. The summed E-state index contributed by atoms with van der Waals surface area (Å²) in [5.74, 6) is 0. The number of thiazole rings is 1. The molecule has 0 aliphatic carbocycles. The van der Waals surface area contributed by atoms with Crippen LogP contribution in [-0.4, -0.2) is 11.7 Å². The maximum atomic E-state index is 8.55. The van der Waals surface area contributed by atoms with E-state index in [-0.39, 0.29) is 6.61 Å². The maximum Gasteiger partial charge on any atom is 0.225 e. The molecule has 50 valence electrons. The molecule has 0 amide bonds. The monoisotopic (exact) mass is 144 g/mol. The minimum atomic E-state index is 0.224. The summed E-state index contributed by atoms with van der Waals surface area (Å²) in [5, 5.41) is 10.6. The molecule has 0 fully saturated rings. The first-order chi connectivity index (χ1) is 4.34. The van der Waals surface area contributed by atoms with E-state index in [9.17, 15) is 0 Å². The second-order valence-corrected chi connectivity index (χ2v) is 2.64. The predicted octanol–water partition coefficient (Wildman–Crippen LogP) is 0.336. The normalized spacial score (nSPS) is 10.0. The van der Waals surface area contributed by atoms with Crippen molar-refractivity contribution >= 4 is 11.3 Å². The van der Waals surface area contributed by atoms with Crippen molar-refractivity contribution in [1.82, 2.24) is 0 Å². The molecule has 0 aliphatic heterocycles. The summed E-state index contributed by atoms with van der Waals surface area (Å²) < 4.78 is 2.03. The molecule has 2 nitrogen and oxygen atoms in total. The summed E-state index contributed by atoms with van der Waals surface area (Å²) in [6, 6.07) is 0. The molecule has 0 aliphatic rings. The first-order valence-corrected chi connectivity index (χ1v) is 3.82. The lowest BCUT2D eigenvalue weighted by Crippen LogP contribution is -2.35. The number of aromatic nitrogens is 1. The van der Waals surface area contributed by atoms with E-state index in [0.29, 0.717) is 0 Å². The summed E-state index contributed by atoms with van der Waals surface area (Å²) in [6.45, 7) is 2.98. The van der Waals surface area contributed by atoms with Gasteiger partial charge in [-0.1, -0.05) is 11.3 Å². The Kier molecular flexibility index (Phi) is 2.19. The van der Waals surface area contributed by atoms with E-state index in [2.05, 4.69) is 5.38 Å². The highest BCUT2D eigenvalue weighted by Gasteiger charge is 2.03. The Balaban J connectivity index is 2.69. The molecule has 1 aromatic heterocycles. The van der Waals surface area contributed by atoms with Crippen LogP contribution in [-0.2, 0) is 6.54 Å².